The third kappa shape index (κ3) is 6.21. The molecule has 0 saturated heterocycles. The highest BCUT2D eigenvalue weighted by Gasteiger charge is 2.61. The maximum absolute atomic E-state index is 13.9. The van der Waals surface area contributed by atoms with Crippen molar-refractivity contribution in [3.63, 3.8) is 0 Å². The molecule has 47 heavy (non-hydrogen) atoms. The molecule has 244 valence electrons. The number of amides is 1. The van der Waals surface area contributed by atoms with E-state index in [1.165, 1.54) is 12.3 Å². The summed E-state index contributed by atoms with van der Waals surface area (Å²) >= 11 is 0. The number of hydrogen-bond donors (Lipinski definition) is 4. The molecule has 6 rings (SSSR count). The summed E-state index contributed by atoms with van der Waals surface area (Å²) in [5, 5.41) is 24.7. The first-order valence-corrected chi connectivity index (χ1v) is 17.0. The minimum Gasteiger partial charge on any atom is -0.386 e. The number of carbonyl (C=O) groups excluding carboxylic acids is 2. The van der Waals surface area contributed by atoms with Crippen LogP contribution in [-0.2, 0) is 21.1 Å². The van der Waals surface area contributed by atoms with Gasteiger partial charge in [0.2, 0.25) is 0 Å². The number of pyridine rings is 1. The molecule has 1 heterocycles. The van der Waals surface area contributed by atoms with Crippen molar-refractivity contribution in [1.82, 2.24) is 4.98 Å². The fraction of sp³-hybridized carbons (Fsp3) is 0.306. The summed E-state index contributed by atoms with van der Waals surface area (Å²) in [6, 6.07) is 26.8. The Morgan fingerprint density at radius 2 is 1.68 bits per heavy atom. The number of hydrogen-bond acceptors (Lipinski definition) is 7. The highest BCUT2D eigenvalue weighted by Crippen LogP contribution is 2.59. The van der Waals surface area contributed by atoms with Gasteiger partial charge < -0.3 is 20.0 Å². The van der Waals surface area contributed by atoms with E-state index in [9.17, 15) is 34.2 Å². The predicted molar refractivity (Wildman–Crippen MR) is 175 cm³/mol. The SMILES string of the molecule is Cc1ncccc1N(COP(=O)(O)O)C(=O)c1ccc2c(c1)C(=O)CC1CC(O)(c3ccccc3)C(C)(O)[C@@H](Cc3ccccc3)C21. The lowest BCUT2D eigenvalue weighted by Crippen LogP contribution is -2.62. The van der Waals surface area contributed by atoms with E-state index in [-0.39, 0.29) is 36.0 Å². The fourth-order valence-corrected chi connectivity index (χ4v) is 7.81. The number of phosphoric acid groups is 1. The van der Waals surface area contributed by atoms with E-state index >= 15 is 0 Å². The summed E-state index contributed by atoms with van der Waals surface area (Å²) in [6.07, 6.45) is 2.24. The Labute approximate surface area is 272 Å². The second-order valence-electron chi connectivity index (χ2n) is 12.7. The standard InChI is InChI=1S/C36H37N2O8P/c1-23-31(14-9-17-37-23)38(22-46-47(43,44)45)34(40)25-15-16-28-29(19-25)32(39)20-26-21-36(42,27-12-7-4-8-13-27)35(2,41)30(33(26)28)18-24-10-5-3-6-11-24/h3-17,19,26,30,33,41-42H,18,20-22H2,1-2H3,(H2,43,44,45)/t26?,30-,33?,35?,36?/m0/s1. The zero-order valence-corrected chi connectivity index (χ0v) is 27.0. The molecular formula is C36H37N2O8P. The van der Waals surface area contributed by atoms with E-state index in [0.717, 1.165) is 10.5 Å². The highest BCUT2D eigenvalue weighted by molar-refractivity contribution is 7.46. The number of nitrogens with zero attached hydrogens (tertiary/aromatic N) is 2. The van der Waals surface area contributed by atoms with Gasteiger partial charge in [-0.25, -0.2) is 4.57 Å². The summed E-state index contributed by atoms with van der Waals surface area (Å²) in [5.41, 5.74) is 0.221. The Hall–Kier alpha value is -4.02. The Morgan fingerprint density at radius 3 is 2.34 bits per heavy atom. The third-order valence-corrected chi connectivity index (χ3v) is 10.3. The number of anilines is 1. The smallest absolute Gasteiger partial charge is 0.386 e. The molecule has 4 N–H and O–H groups in total. The molecule has 1 amide bonds. The molecule has 0 radical (unpaired) electrons. The second kappa shape index (κ2) is 12.5. The van der Waals surface area contributed by atoms with Crippen LogP contribution in [0.4, 0.5) is 5.69 Å². The minimum atomic E-state index is -4.93. The molecule has 0 bridgehead atoms. The normalized spacial score (nSPS) is 25.5. The molecule has 2 aliphatic carbocycles. The average molecular weight is 657 g/mol. The van der Waals surface area contributed by atoms with Gasteiger partial charge in [-0.2, -0.15) is 0 Å². The minimum absolute atomic E-state index is 0.110. The van der Waals surface area contributed by atoms with Crippen LogP contribution in [0.25, 0.3) is 0 Å². The molecule has 1 aromatic heterocycles. The van der Waals surface area contributed by atoms with Crippen molar-refractivity contribution in [2.75, 3.05) is 11.6 Å². The molecular weight excluding hydrogens is 619 g/mol. The van der Waals surface area contributed by atoms with Crippen LogP contribution in [0, 0.1) is 18.8 Å². The van der Waals surface area contributed by atoms with E-state index in [0.29, 0.717) is 34.5 Å². The lowest BCUT2D eigenvalue weighted by Gasteiger charge is -2.57. The molecule has 11 heteroatoms. The van der Waals surface area contributed by atoms with Crippen molar-refractivity contribution >= 4 is 25.2 Å². The number of benzene rings is 3. The first kappa shape index (κ1) is 32.9. The first-order chi connectivity index (χ1) is 22.3. The van der Waals surface area contributed by atoms with Crippen molar-refractivity contribution in [2.45, 2.75) is 50.2 Å². The average Bonchev–Trinajstić information content (AvgIpc) is 3.04. The van der Waals surface area contributed by atoms with Gasteiger partial charge in [0.25, 0.3) is 5.91 Å². The quantitative estimate of drug-likeness (QED) is 0.146. The predicted octanol–water partition coefficient (Wildman–Crippen LogP) is 5.29. The summed E-state index contributed by atoms with van der Waals surface area (Å²) in [7, 11) is -4.93. The van der Waals surface area contributed by atoms with Gasteiger partial charge in [-0.1, -0.05) is 66.7 Å². The molecule has 1 fully saturated rings. The Balaban J connectivity index is 1.43. The third-order valence-electron chi connectivity index (χ3n) is 9.89. The number of ketones is 1. The van der Waals surface area contributed by atoms with Crippen molar-refractivity contribution in [1.29, 1.82) is 0 Å². The first-order valence-electron chi connectivity index (χ1n) is 15.4. The maximum atomic E-state index is 13.9. The number of carbonyl (C=O) groups is 2. The van der Waals surface area contributed by atoms with E-state index in [4.69, 9.17) is 4.52 Å². The molecule has 2 aliphatic rings. The Morgan fingerprint density at radius 1 is 1.00 bits per heavy atom. The molecule has 0 spiro atoms. The Kier molecular flexibility index (Phi) is 8.78. The van der Waals surface area contributed by atoms with Crippen LogP contribution in [0.5, 0.6) is 0 Å². The van der Waals surface area contributed by atoms with Crippen molar-refractivity contribution < 1.29 is 38.7 Å². The monoisotopic (exact) mass is 656 g/mol. The van der Waals surface area contributed by atoms with Gasteiger partial charge in [-0.3, -0.25) is 24.0 Å². The zero-order chi connectivity index (χ0) is 33.6. The van der Waals surface area contributed by atoms with E-state index in [1.807, 2.05) is 48.5 Å². The van der Waals surface area contributed by atoms with Crippen molar-refractivity contribution in [3.05, 3.63) is 131 Å². The van der Waals surface area contributed by atoms with Crippen molar-refractivity contribution in [2.24, 2.45) is 11.8 Å². The van der Waals surface area contributed by atoms with E-state index in [1.54, 1.807) is 50.2 Å². The van der Waals surface area contributed by atoms with Crippen LogP contribution in [0.15, 0.2) is 97.2 Å². The summed E-state index contributed by atoms with van der Waals surface area (Å²) in [5.74, 6) is -1.94. The summed E-state index contributed by atoms with van der Waals surface area (Å²) < 4.78 is 16.3. The highest BCUT2D eigenvalue weighted by atomic mass is 31.2. The zero-order valence-electron chi connectivity index (χ0n) is 26.1. The van der Waals surface area contributed by atoms with Gasteiger partial charge in [0.05, 0.1) is 17.0 Å². The fourth-order valence-electron chi connectivity index (χ4n) is 7.54. The molecule has 5 atom stereocenters. The summed E-state index contributed by atoms with van der Waals surface area (Å²) in [4.78, 5) is 51.8. The van der Waals surface area contributed by atoms with Gasteiger partial charge in [0.1, 0.15) is 12.3 Å². The van der Waals surface area contributed by atoms with Gasteiger partial charge in [-0.05, 0) is 79.5 Å². The van der Waals surface area contributed by atoms with Crippen LogP contribution in [-0.4, -0.2) is 49.0 Å². The van der Waals surface area contributed by atoms with Crippen LogP contribution in [0.2, 0.25) is 0 Å². The number of fused-ring (bicyclic) bond motifs is 3. The number of Topliss-reactive ketones (excluding diaryl/α,β-unsaturated/α-hetero) is 1. The van der Waals surface area contributed by atoms with Crippen LogP contribution < -0.4 is 4.90 Å². The van der Waals surface area contributed by atoms with Gasteiger partial charge in [0.15, 0.2) is 5.78 Å². The number of rotatable bonds is 8. The molecule has 3 aromatic carbocycles. The number of aliphatic hydroxyl groups is 2. The number of phosphoric ester groups is 1. The van der Waals surface area contributed by atoms with Crippen LogP contribution in [0.1, 0.15) is 68.8 Å². The van der Waals surface area contributed by atoms with Gasteiger partial charge in [0, 0.05) is 29.7 Å². The lowest BCUT2D eigenvalue weighted by molar-refractivity contribution is -0.218. The number of aryl methyl sites for hydroxylation is 1. The van der Waals surface area contributed by atoms with Gasteiger partial charge in [-0.15, -0.1) is 0 Å². The van der Waals surface area contributed by atoms with Crippen LogP contribution in [0.3, 0.4) is 0 Å². The summed E-state index contributed by atoms with van der Waals surface area (Å²) in [6.45, 7) is 2.58. The lowest BCUT2D eigenvalue weighted by atomic mass is 9.51. The molecule has 0 aliphatic heterocycles. The van der Waals surface area contributed by atoms with Crippen LogP contribution >= 0.6 is 7.82 Å². The maximum Gasteiger partial charge on any atom is 0.471 e. The molecule has 10 nitrogen and oxygen atoms in total. The number of aromatic nitrogens is 1. The molecule has 1 saturated carbocycles. The largest absolute Gasteiger partial charge is 0.471 e. The van der Waals surface area contributed by atoms with E-state index in [2.05, 4.69) is 4.98 Å². The van der Waals surface area contributed by atoms with Crippen molar-refractivity contribution in [3.8, 4) is 0 Å². The van der Waals surface area contributed by atoms with E-state index < -0.39 is 37.6 Å². The Bertz CT molecular complexity index is 1840. The topological polar surface area (TPSA) is 157 Å². The molecule has 4 aromatic rings. The van der Waals surface area contributed by atoms with Gasteiger partial charge >= 0.3 is 7.82 Å². The molecule has 4 unspecified atom stereocenters. The second-order valence-corrected chi connectivity index (χ2v) is 13.9.